The van der Waals surface area contributed by atoms with Crippen molar-refractivity contribution in [1.82, 2.24) is 14.9 Å². The third-order valence-electron chi connectivity index (χ3n) is 2.72. The molecule has 0 atom stereocenters. The summed E-state index contributed by atoms with van der Waals surface area (Å²) in [5.41, 5.74) is 6.27. The number of pyridine rings is 1. The molecular formula is C12H15N5OS. The monoisotopic (exact) mass is 277 g/mol. The van der Waals surface area contributed by atoms with Gasteiger partial charge in [0.1, 0.15) is 5.69 Å². The standard InChI is InChI=1S/C12H15N5OS/c1-8-11(19-7-15-8)6-17(2)12(18)10-4-3-9(16-13)5-14-10/h3-5,7,16H,6,13H2,1-2H3. The van der Waals surface area contributed by atoms with Gasteiger partial charge in [0.2, 0.25) is 0 Å². The van der Waals surface area contributed by atoms with E-state index in [9.17, 15) is 4.79 Å². The van der Waals surface area contributed by atoms with Crippen molar-refractivity contribution in [2.24, 2.45) is 5.84 Å². The van der Waals surface area contributed by atoms with Crippen molar-refractivity contribution in [3.63, 3.8) is 0 Å². The minimum Gasteiger partial charge on any atom is -0.335 e. The molecule has 1 amide bonds. The average Bonchev–Trinajstić information content (AvgIpc) is 2.83. The first kappa shape index (κ1) is 13.4. The first-order valence-corrected chi connectivity index (χ1v) is 6.57. The Morgan fingerprint density at radius 1 is 1.47 bits per heavy atom. The molecule has 0 radical (unpaired) electrons. The average molecular weight is 277 g/mol. The highest BCUT2D eigenvalue weighted by molar-refractivity contribution is 7.09. The summed E-state index contributed by atoms with van der Waals surface area (Å²) in [7, 11) is 1.75. The Hall–Kier alpha value is -1.99. The zero-order chi connectivity index (χ0) is 13.8. The Morgan fingerprint density at radius 2 is 2.26 bits per heavy atom. The van der Waals surface area contributed by atoms with Gasteiger partial charge in [0, 0.05) is 11.9 Å². The maximum absolute atomic E-state index is 12.2. The van der Waals surface area contributed by atoms with Crippen LogP contribution in [0.1, 0.15) is 21.1 Å². The maximum Gasteiger partial charge on any atom is 0.272 e. The Morgan fingerprint density at radius 3 is 2.79 bits per heavy atom. The summed E-state index contributed by atoms with van der Waals surface area (Å²) in [6, 6.07) is 3.36. The Bertz CT molecular complexity index is 566. The molecular weight excluding hydrogens is 262 g/mol. The molecule has 0 aliphatic heterocycles. The number of nitrogen functional groups attached to an aromatic ring is 1. The fourth-order valence-corrected chi connectivity index (χ4v) is 2.40. The Kier molecular flexibility index (Phi) is 4.08. The first-order chi connectivity index (χ1) is 9.11. The van der Waals surface area contributed by atoms with Crippen LogP contribution in [0.2, 0.25) is 0 Å². The highest BCUT2D eigenvalue weighted by Gasteiger charge is 2.15. The molecule has 0 fully saturated rings. The molecule has 2 rings (SSSR count). The summed E-state index contributed by atoms with van der Waals surface area (Å²) in [6.45, 7) is 2.47. The Balaban J connectivity index is 2.08. The normalized spacial score (nSPS) is 10.3. The molecule has 0 aliphatic carbocycles. The fraction of sp³-hybridized carbons (Fsp3) is 0.250. The summed E-state index contributed by atoms with van der Waals surface area (Å²) in [6.07, 6.45) is 1.53. The van der Waals surface area contributed by atoms with E-state index in [2.05, 4.69) is 15.4 Å². The number of nitrogens with two attached hydrogens (primary N) is 1. The van der Waals surface area contributed by atoms with Crippen LogP contribution >= 0.6 is 11.3 Å². The molecule has 100 valence electrons. The molecule has 0 saturated carbocycles. The van der Waals surface area contributed by atoms with Crippen molar-refractivity contribution in [1.29, 1.82) is 0 Å². The number of aromatic nitrogens is 2. The number of aryl methyl sites for hydroxylation is 1. The molecule has 0 saturated heterocycles. The summed E-state index contributed by atoms with van der Waals surface area (Å²) >= 11 is 1.54. The highest BCUT2D eigenvalue weighted by Crippen LogP contribution is 2.15. The van der Waals surface area contributed by atoms with Crippen LogP contribution in [-0.4, -0.2) is 27.8 Å². The van der Waals surface area contributed by atoms with Gasteiger partial charge in [-0.1, -0.05) is 0 Å². The van der Waals surface area contributed by atoms with Crippen LogP contribution in [0, 0.1) is 6.92 Å². The summed E-state index contributed by atoms with van der Waals surface area (Å²) in [4.78, 5) is 23.1. The number of amides is 1. The molecule has 0 aromatic carbocycles. The quantitative estimate of drug-likeness (QED) is 0.652. The van der Waals surface area contributed by atoms with Crippen LogP contribution in [0.5, 0.6) is 0 Å². The van der Waals surface area contributed by atoms with Crippen molar-refractivity contribution < 1.29 is 4.79 Å². The number of hydrazine groups is 1. The lowest BCUT2D eigenvalue weighted by Crippen LogP contribution is -2.27. The second kappa shape index (κ2) is 5.77. The molecule has 0 aliphatic rings. The lowest BCUT2D eigenvalue weighted by Gasteiger charge is -2.16. The van der Waals surface area contributed by atoms with Gasteiger partial charge in [0.05, 0.1) is 29.6 Å². The van der Waals surface area contributed by atoms with Gasteiger partial charge in [-0.3, -0.25) is 10.6 Å². The molecule has 3 N–H and O–H groups in total. The lowest BCUT2D eigenvalue weighted by atomic mass is 10.3. The van der Waals surface area contributed by atoms with Gasteiger partial charge < -0.3 is 10.3 Å². The third kappa shape index (κ3) is 3.07. The third-order valence-corrected chi connectivity index (χ3v) is 3.64. The fourth-order valence-electron chi connectivity index (χ4n) is 1.57. The summed E-state index contributed by atoms with van der Waals surface area (Å²) in [5.74, 6) is 5.12. The van der Waals surface area contributed by atoms with Crippen LogP contribution in [0.25, 0.3) is 0 Å². The van der Waals surface area contributed by atoms with Gasteiger partial charge in [0.25, 0.3) is 5.91 Å². The number of carbonyl (C=O) groups excluding carboxylic acids is 1. The van der Waals surface area contributed by atoms with Crippen molar-refractivity contribution in [2.45, 2.75) is 13.5 Å². The van der Waals surface area contributed by atoms with Crippen LogP contribution in [0.15, 0.2) is 23.8 Å². The highest BCUT2D eigenvalue weighted by atomic mass is 32.1. The smallest absolute Gasteiger partial charge is 0.272 e. The van der Waals surface area contributed by atoms with E-state index in [0.29, 0.717) is 17.9 Å². The molecule has 0 bridgehead atoms. The second-order valence-corrected chi connectivity index (χ2v) is 5.04. The number of hydrogen-bond donors (Lipinski definition) is 2. The van der Waals surface area contributed by atoms with E-state index in [1.807, 2.05) is 6.92 Å². The van der Waals surface area contributed by atoms with E-state index in [4.69, 9.17) is 5.84 Å². The molecule has 2 aromatic rings. The number of thiazole rings is 1. The minimum absolute atomic E-state index is 0.128. The second-order valence-electron chi connectivity index (χ2n) is 4.10. The number of nitrogens with zero attached hydrogens (tertiary/aromatic N) is 3. The van der Waals surface area contributed by atoms with Crippen molar-refractivity contribution in [2.75, 3.05) is 12.5 Å². The van der Waals surface area contributed by atoms with Crippen LogP contribution < -0.4 is 11.3 Å². The van der Waals surface area contributed by atoms with Crippen molar-refractivity contribution in [3.05, 3.63) is 40.1 Å². The zero-order valence-corrected chi connectivity index (χ0v) is 11.6. The number of hydrogen-bond acceptors (Lipinski definition) is 6. The minimum atomic E-state index is -0.128. The molecule has 0 unspecified atom stereocenters. The van der Waals surface area contributed by atoms with Gasteiger partial charge in [-0.05, 0) is 19.1 Å². The number of carbonyl (C=O) groups is 1. The molecule has 6 nitrogen and oxygen atoms in total. The van der Waals surface area contributed by atoms with E-state index < -0.39 is 0 Å². The van der Waals surface area contributed by atoms with Gasteiger partial charge >= 0.3 is 0 Å². The predicted octanol–water partition coefficient (Wildman–Crippen LogP) is 1.40. The van der Waals surface area contributed by atoms with Gasteiger partial charge in [0.15, 0.2) is 0 Å². The van der Waals surface area contributed by atoms with Gasteiger partial charge in [-0.25, -0.2) is 9.97 Å². The Labute approximate surface area is 115 Å². The number of rotatable bonds is 4. The van der Waals surface area contributed by atoms with Crippen LogP contribution in [0.4, 0.5) is 5.69 Å². The SMILES string of the molecule is Cc1ncsc1CN(C)C(=O)c1ccc(NN)cn1. The number of anilines is 1. The molecule has 2 heterocycles. The molecule has 7 heteroatoms. The van der Waals surface area contributed by atoms with Crippen LogP contribution in [-0.2, 0) is 6.54 Å². The van der Waals surface area contributed by atoms with E-state index in [0.717, 1.165) is 10.6 Å². The summed E-state index contributed by atoms with van der Waals surface area (Å²) < 4.78 is 0. The topological polar surface area (TPSA) is 84.1 Å². The zero-order valence-electron chi connectivity index (χ0n) is 10.8. The summed E-state index contributed by atoms with van der Waals surface area (Å²) in [5, 5.41) is 0. The van der Waals surface area contributed by atoms with Crippen LogP contribution in [0.3, 0.4) is 0 Å². The predicted molar refractivity (Wildman–Crippen MR) is 74.7 cm³/mol. The number of nitrogens with one attached hydrogen (secondary N) is 1. The van der Waals surface area contributed by atoms with E-state index in [1.165, 1.54) is 6.20 Å². The van der Waals surface area contributed by atoms with Crippen molar-refractivity contribution >= 4 is 22.9 Å². The largest absolute Gasteiger partial charge is 0.335 e. The van der Waals surface area contributed by atoms with E-state index >= 15 is 0 Å². The molecule has 2 aromatic heterocycles. The molecule has 19 heavy (non-hydrogen) atoms. The van der Waals surface area contributed by atoms with Gasteiger partial charge in [-0.15, -0.1) is 11.3 Å². The lowest BCUT2D eigenvalue weighted by molar-refractivity contribution is 0.0780. The van der Waals surface area contributed by atoms with Gasteiger partial charge in [-0.2, -0.15) is 0 Å². The van der Waals surface area contributed by atoms with Crippen molar-refractivity contribution in [3.8, 4) is 0 Å². The maximum atomic E-state index is 12.2. The molecule has 0 spiro atoms. The van der Waals surface area contributed by atoms with E-state index in [1.54, 1.807) is 40.9 Å². The first-order valence-electron chi connectivity index (χ1n) is 5.69. The van der Waals surface area contributed by atoms with E-state index in [-0.39, 0.29) is 5.91 Å².